The summed E-state index contributed by atoms with van der Waals surface area (Å²) in [5.41, 5.74) is 0.691. The first-order valence-corrected chi connectivity index (χ1v) is 6.60. The van der Waals surface area contributed by atoms with Crippen molar-refractivity contribution in [1.82, 2.24) is 4.98 Å². The van der Waals surface area contributed by atoms with Crippen molar-refractivity contribution in [2.75, 3.05) is 11.4 Å². The molecule has 1 aliphatic heterocycles. The maximum Gasteiger partial charge on any atom is 0.326 e. The first-order valence-electron chi connectivity index (χ1n) is 6.60. The van der Waals surface area contributed by atoms with E-state index in [-0.39, 0.29) is 5.69 Å². The van der Waals surface area contributed by atoms with Gasteiger partial charge in [-0.2, -0.15) is 0 Å². The lowest BCUT2D eigenvalue weighted by molar-refractivity contribution is -0.383. The Kier molecular flexibility index (Phi) is 3.17. The largest absolute Gasteiger partial charge is 0.480 e. The molecule has 1 fully saturated rings. The summed E-state index contributed by atoms with van der Waals surface area (Å²) in [5.74, 6) is -0.868. The second kappa shape index (κ2) is 5.01. The number of benzene rings is 1. The molecule has 0 bridgehead atoms. The number of fused-ring (bicyclic) bond motifs is 1. The summed E-state index contributed by atoms with van der Waals surface area (Å²) in [6.07, 6.45) is 4.38. The molecule has 1 N–H and O–H groups in total. The summed E-state index contributed by atoms with van der Waals surface area (Å²) in [6, 6.07) is 4.15. The lowest BCUT2D eigenvalue weighted by atomic mass is 10.1. The molecular weight excluding hydrogens is 274 g/mol. The Bertz CT molecular complexity index is 731. The lowest BCUT2D eigenvalue weighted by Crippen LogP contribution is -2.35. The van der Waals surface area contributed by atoms with Crippen LogP contribution in [0.15, 0.2) is 30.6 Å². The topological polar surface area (TPSA) is 96.6 Å². The van der Waals surface area contributed by atoms with Crippen LogP contribution in [-0.4, -0.2) is 33.6 Å². The zero-order chi connectivity index (χ0) is 15.0. The minimum atomic E-state index is -0.868. The second-order valence-electron chi connectivity index (χ2n) is 4.97. The molecule has 7 heteroatoms. The molecule has 0 saturated carbocycles. The monoisotopic (exact) mass is 287 g/mol. The van der Waals surface area contributed by atoms with Crippen LogP contribution in [0.4, 0.5) is 11.4 Å². The van der Waals surface area contributed by atoms with E-state index in [0.29, 0.717) is 29.4 Å². The van der Waals surface area contributed by atoms with Crippen molar-refractivity contribution in [3.8, 4) is 0 Å². The Morgan fingerprint density at radius 3 is 2.90 bits per heavy atom. The Hall–Kier alpha value is -2.70. The Labute approximate surface area is 120 Å². The SMILES string of the molecule is O=C(O)[C@@H]1CCCN1c1ccc([N+](=O)[O-])c2cnccc12. The van der Waals surface area contributed by atoms with E-state index in [2.05, 4.69) is 4.98 Å². The molecule has 0 amide bonds. The first kappa shape index (κ1) is 13.3. The lowest BCUT2D eigenvalue weighted by Gasteiger charge is -2.25. The van der Waals surface area contributed by atoms with Gasteiger partial charge in [-0.3, -0.25) is 15.1 Å². The summed E-state index contributed by atoms with van der Waals surface area (Å²) in [5, 5.41) is 21.5. The number of carbonyl (C=O) groups is 1. The average molecular weight is 287 g/mol. The Balaban J connectivity index is 2.18. The van der Waals surface area contributed by atoms with Gasteiger partial charge in [-0.05, 0) is 25.0 Å². The predicted molar refractivity (Wildman–Crippen MR) is 76.4 cm³/mol. The fraction of sp³-hybridized carbons (Fsp3) is 0.286. The van der Waals surface area contributed by atoms with Crippen molar-refractivity contribution < 1.29 is 14.8 Å². The Morgan fingerprint density at radius 2 is 2.19 bits per heavy atom. The second-order valence-corrected chi connectivity index (χ2v) is 4.97. The standard InChI is InChI=1S/C14H13N3O4/c18-14(19)13-2-1-7-16(13)11-3-4-12(17(20)21)10-8-15-6-5-9(10)11/h3-6,8,13H,1-2,7H2,(H,18,19)/t13-/m0/s1. The number of aliphatic carboxylic acids is 1. The molecule has 1 aromatic heterocycles. The van der Waals surface area contributed by atoms with Gasteiger partial charge in [0.1, 0.15) is 6.04 Å². The minimum absolute atomic E-state index is 0.0204. The van der Waals surface area contributed by atoms with Crippen LogP contribution in [0.1, 0.15) is 12.8 Å². The average Bonchev–Trinajstić information content (AvgIpc) is 2.95. The molecule has 0 spiro atoms. The maximum absolute atomic E-state index is 11.3. The molecule has 108 valence electrons. The van der Waals surface area contributed by atoms with Gasteiger partial charge in [0.2, 0.25) is 0 Å². The summed E-state index contributed by atoms with van der Waals surface area (Å²) < 4.78 is 0. The van der Waals surface area contributed by atoms with Crippen LogP contribution in [-0.2, 0) is 4.79 Å². The number of nitrogens with zero attached hydrogens (tertiary/aromatic N) is 3. The highest BCUT2D eigenvalue weighted by Crippen LogP contribution is 2.36. The molecule has 1 aromatic carbocycles. The fourth-order valence-electron chi connectivity index (χ4n) is 2.88. The molecular formula is C14H13N3O4. The number of carboxylic acid groups (broad SMARTS) is 1. The van der Waals surface area contributed by atoms with E-state index < -0.39 is 16.9 Å². The molecule has 7 nitrogen and oxygen atoms in total. The van der Waals surface area contributed by atoms with Crippen LogP contribution in [0.25, 0.3) is 10.8 Å². The summed E-state index contributed by atoms with van der Waals surface area (Å²) >= 11 is 0. The number of hydrogen-bond acceptors (Lipinski definition) is 5. The molecule has 3 rings (SSSR count). The van der Waals surface area contributed by atoms with Crippen LogP contribution in [0, 0.1) is 10.1 Å². The van der Waals surface area contributed by atoms with Crippen molar-refractivity contribution in [1.29, 1.82) is 0 Å². The number of carboxylic acids is 1. The summed E-state index contributed by atoms with van der Waals surface area (Å²) in [7, 11) is 0. The normalized spacial score (nSPS) is 18.1. The number of rotatable bonds is 3. The van der Waals surface area contributed by atoms with Crippen LogP contribution in [0.2, 0.25) is 0 Å². The fourth-order valence-corrected chi connectivity index (χ4v) is 2.88. The molecule has 1 atom stereocenters. The van der Waals surface area contributed by atoms with Gasteiger partial charge in [-0.1, -0.05) is 0 Å². The van der Waals surface area contributed by atoms with E-state index in [1.807, 2.05) is 0 Å². The van der Waals surface area contributed by atoms with Crippen molar-refractivity contribution in [2.24, 2.45) is 0 Å². The Morgan fingerprint density at radius 1 is 1.38 bits per heavy atom. The zero-order valence-electron chi connectivity index (χ0n) is 11.1. The van der Waals surface area contributed by atoms with E-state index in [9.17, 15) is 20.0 Å². The number of pyridine rings is 1. The maximum atomic E-state index is 11.3. The van der Waals surface area contributed by atoms with Gasteiger partial charge < -0.3 is 10.0 Å². The van der Waals surface area contributed by atoms with Crippen LogP contribution < -0.4 is 4.90 Å². The van der Waals surface area contributed by atoms with Crippen molar-refractivity contribution in [3.05, 3.63) is 40.7 Å². The highest BCUT2D eigenvalue weighted by atomic mass is 16.6. The van der Waals surface area contributed by atoms with Gasteiger partial charge in [0.25, 0.3) is 5.69 Å². The third-order valence-corrected chi connectivity index (χ3v) is 3.82. The van der Waals surface area contributed by atoms with Crippen LogP contribution >= 0.6 is 0 Å². The van der Waals surface area contributed by atoms with Gasteiger partial charge in [-0.15, -0.1) is 0 Å². The number of anilines is 1. The van der Waals surface area contributed by atoms with E-state index in [1.165, 1.54) is 12.3 Å². The molecule has 0 aliphatic carbocycles. The molecule has 0 radical (unpaired) electrons. The van der Waals surface area contributed by atoms with E-state index in [1.54, 1.807) is 23.2 Å². The zero-order valence-corrected chi connectivity index (χ0v) is 11.1. The number of nitro benzene ring substituents is 1. The highest BCUT2D eigenvalue weighted by Gasteiger charge is 2.32. The molecule has 0 unspecified atom stereocenters. The number of non-ortho nitro benzene ring substituents is 1. The molecule has 2 aromatic rings. The van der Waals surface area contributed by atoms with E-state index in [4.69, 9.17) is 0 Å². The summed E-state index contributed by atoms with van der Waals surface area (Å²) in [6.45, 7) is 0.631. The van der Waals surface area contributed by atoms with Gasteiger partial charge in [0, 0.05) is 36.1 Å². The van der Waals surface area contributed by atoms with Crippen LogP contribution in [0.3, 0.4) is 0 Å². The van der Waals surface area contributed by atoms with E-state index in [0.717, 1.165) is 6.42 Å². The van der Waals surface area contributed by atoms with Gasteiger partial charge in [0.15, 0.2) is 0 Å². The summed E-state index contributed by atoms with van der Waals surface area (Å²) in [4.78, 5) is 27.7. The molecule has 1 aliphatic rings. The highest BCUT2D eigenvalue weighted by molar-refractivity contribution is 6.00. The number of aromatic nitrogens is 1. The predicted octanol–water partition coefficient (Wildman–Crippen LogP) is 2.20. The smallest absolute Gasteiger partial charge is 0.326 e. The molecule has 21 heavy (non-hydrogen) atoms. The minimum Gasteiger partial charge on any atom is -0.480 e. The van der Waals surface area contributed by atoms with Crippen molar-refractivity contribution in [3.63, 3.8) is 0 Å². The first-order chi connectivity index (χ1) is 10.1. The van der Waals surface area contributed by atoms with Crippen molar-refractivity contribution in [2.45, 2.75) is 18.9 Å². The third kappa shape index (κ3) is 2.16. The van der Waals surface area contributed by atoms with Crippen LogP contribution in [0.5, 0.6) is 0 Å². The van der Waals surface area contributed by atoms with Gasteiger partial charge in [0.05, 0.1) is 10.3 Å². The van der Waals surface area contributed by atoms with Gasteiger partial charge in [-0.25, -0.2) is 4.79 Å². The molecule has 2 heterocycles. The number of hydrogen-bond donors (Lipinski definition) is 1. The quantitative estimate of drug-likeness (QED) is 0.686. The third-order valence-electron chi connectivity index (χ3n) is 3.82. The number of nitro groups is 1. The van der Waals surface area contributed by atoms with Crippen molar-refractivity contribution >= 4 is 28.1 Å². The van der Waals surface area contributed by atoms with Gasteiger partial charge >= 0.3 is 5.97 Å². The molecule has 1 saturated heterocycles. The van der Waals surface area contributed by atoms with E-state index >= 15 is 0 Å².